The van der Waals surface area contributed by atoms with Crippen LogP contribution in [0.2, 0.25) is 0 Å². The number of rotatable bonds is 0. The highest BCUT2D eigenvalue weighted by Crippen LogP contribution is 2.21. The third-order valence-electron chi connectivity index (χ3n) is 1.86. The molecular formula is C9H8N2O2S. The smallest absolute Gasteiger partial charge is 0.284 e. The van der Waals surface area contributed by atoms with Gasteiger partial charge in [0.2, 0.25) is 0 Å². The first-order valence-corrected chi connectivity index (χ1v) is 5.41. The molecule has 4 nitrogen and oxygen atoms in total. The molecule has 0 spiro atoms. The standard InChI is InChI=1S/C9H8N2O2S/c10-9-6-5-7-3-1-2-4-8(7)14(12,13)11-9/h1-6H,(H2,10,11). The van der Waals surface area contributed by atoms with Crippen molar-refractivity contribution in [2.45, 2.75) is 4.90 Å². The van der Waals surface area contributed by atoms with E-state index < -0.39 is 10.0 Å². The third kappa shape index (κ3) is 1.42. The van der Waals surface area contributed by atoms with Crippen LogP contribution in [0.1, 0.15) is 5.56 Å². The Morgan fingerprint density at radius 1 is 1.14 bits per heavy atom. The number of hydrogen-bond donors (Lipinski definition) is 1. The number of nitrogens with zero attached hydrogens (tertiary/aromatic N) is 1. The molecule has 1 heterocycles. The second kappa shape index (κ2) is 2.95. The Bertz CT molecular complexity index is 529. The van der Waals surface area contributed by atoms with Crippen molar-refractivity contribution in [3.63, 3.8) is 0 Å². The van der Waals surface area contributed by atoms with Crippen molar-refractivity contribution in [1.82, 2.24) is 0 Å². The Balaban J connectivity index is 2.79. The van der Waals surface area contributed by atoms with E-state index in [1.165, 1.54) is 12.1 Å². The van der Waals surface area contributed by atoms with Crippen molar-refractivity contribution in [3.05, 3.63) is 35.9 Å². The van der Waals surface area contributed by atoms with Gasteiger partial charge in [-0.05, 0) is 23.8 Å². The van der Waals surface area contributed by atoms with Gasteiger partial charge in [0.1, 0.15) is 5.84 Å². The van der Waals surface area contributed by atoms with Crippen molar-refractivity contribution in [1.29, 1.82) is 0 Å². The molecule has 1 aliphatic rings. The molecule has 5 heteroatoms. The number of sulfonamides is 1. The molecule has 1 aliphatic heterocycles. The van der Waals surface area contributed by atoms with Gasteiger partial charge in [-0.25, -0.2) is 0 Å². The highest BCUT2D eigenvalue weighted by molar-refractivity contribution is 7.90. The highest BCUT2D eigenvalue weighted by atomic mass is 32.2. The van der Waals surface area contributed by atoms with Crippen molar-refractivity contribution >= 4 is 21.9 Å². The summed E-state index contributed by atoms with van der Waals surface area (Å²) in [6.45, 7) is 0. The maximum Gasteiger partial charge on any atom is 0.284 e. The van der Waals surface area contributed by atoms with Crippen LogP contribution in [-0.2, 0) is 10.0 Å². The first-order chi connectivity index (χ1) is 6.59. The van der Waals surface area contributed by atoms with Crippen LogP contribution >= 0.6 is 0 Å². The molecule has 14 heavy (non-hydrogen) atoms. The molecule has 0 aromatic heterocycles. The van der Waals surface area contributed by atoms with E-state index in [1.807, 2.05) is 0 Å². The van der Waals surface area contributed by atoms with E-state index in [4.69, 9.17) is 5.73 Å². The first-order valence-electron chi connectivity index (χ1n) is 3.97. The molecule has 0 bridgehead atoms. The van der Waals surface area contributed by atoms with Crippen molar-refractivity contribution in [2.75, 3.05) is 0 Å². The lowest BCUT2D eigenvalue weighted by molar-refractivity contribution is 0.598. The fraction of sp³-hybridized carbons (Fsp3) is 0. The molecule has 2 rings (SSSR count). The van der Waals surface area contributed by atoms with Gasteiger partial charge in [0.25, 0.3) is 10.0 Å². The van der Waals surface area contributed by atoms with Gasteiger partial charge in [-0.2, -0.15) is 8.42 Å². The van der Waals surface area contributed by atoms with Crippen molar-refractivity contribution < 1.29 is 8.42 Å². The van der Waals surface area contributed by atoms with Gasteiger partial charge in [-0.15, -0.1) is 4.40 Å². The average molecular weight is 208 g/mol. The van der Waals surface area contributed by atoms with Gasteiger partial charge in [-0.3, -0.25) is 0 Å². The zero-order chi connectivity index (χ0) is 10.2. The monoisotopic (exact) mass is 208 g/mol. The van der Waals surface area contributed by atoms with Crippen molar-refractivity contribution in [3.8, 4) is 0 Å². The van der Waals surface area contributed by atoms with E-state index in [1.54, 1.807) is 24.3 Å². The average Bonchev–Trinajstić information content (AvgIpc) is 2.24. The molecule has 1 aromatic carbocycles. The van der Waals surface area contributed by atoms with Gasteiger partial charge in [0.05, 0.1) is 4.90 Å². The van der Waals surface area contributed by atoms with Crippen LogP contribution in [0.25, 0.3) is 6.08 Å². The van der Waals surface area contributed by atoms with E-state index in [0.29, 0.717) is 5.56 Å². The lowest BCUT2D eigenvalue weighted by Crippen LogP contribution is -2.09. The number of hydrogen-bond acceptors (Lipinski definition) is 3. The van der Waals surface area contributed by atoms with Crippen LogP contribution in [0, 0.1) is 0 Å². The first kappa shape index (κ1) is 8.96. The summed E-state index contributed by atoms with van der Waals surface area (Å²) in [5.74, 6) is 0.00111. The number of amidine groups is 1. The molecule has 0 amide bonds. The Labute approximate surface area is 81.8 Å². The SMILES string of the molecule is NC1=NS(=O)(=O)c2ccccc2C=C1. The van der Waals surface area contributed by atoms with Gasteiger partial charge in [-0.1, -0.05) is 18.2 Å². The third-order valence-corrected chi connectivity index (χ3v) is 3.23. The Morgan fingerprint density at radius 3 is 2.64 bits per heavy atom. The minimum absolute atomic E-state index is 0.00111. The molecule has 0 unspecified atom stereocenters. The highest BCUT2D eigenvalue weighted by Gasteiger charge is 2.18. The van der Waals surface area contributed by atoms with E-state index in [9.17, 15) is 8.42 Å². The Morgan fingerprint density at radius 2 is 1.86 bits per heavy atom. The summed E-state index contributed by atoms with van der Waals surface area (Å²) >= 11 is 0. The van der Waals surface area contributed by atoms with Crippen LogP contribution < -0.4 is 5.73 Å². The predicted molar refractivity (Wildman–Crippen MR) is 54.3 cm³/mol. The van der Waals surface area contributed by atoms with Gasteiger partial charge >= 0.3 is 0 Å². The van der Waals surface area contributed by atoms with Crippen molar-refractivity contribution in [2.24, 2.45) is 10.1 Å². The number of benzene rings is 1. The quantitative estimate of drug-likeness (QED) is 0.684. The second-order valence-electron chi connectivity index (χ2n) is 2.86. The molecular weight excluding hydrogens is 200 g/mol. The lowest BCUT2D eigenvalue weighted by Gasteiger charge is -2.00. The minimum Gasteiger partial charge on any atom is -0.383 e. The van der Waals surface area contributed by atoms with Gasteiger partial charge in [0.15, 0.2) is 0 Å². The summed E-state index contributed by atoms with van der Waals surface area (Å²) in [6, 6.07) is 6.63. The molecule has 2 N–H and O–H groups in total. The van der Waals surface area contributed by atoms with E-state index in [0.717, 1.165) is 0 Å². The van der Waals surface area contributed by atoms with E-state index in [2.05, 4.69) is 4.40 Å². The zero-order valence-corrected chi connectivity index (χ0v) is 8.03. The van der Waals surface area contributed by atoms with E-state index >= 15 is 0 Å². The molecule has 0 saturated heterocycles. The van der Waals surface area contributed by atoms with Crippen LogP contribution in [0.5, 0.6) is 0 Å². The summed E-state index contributed by atoms with van der Waals surface area (Å²) in [5.41, 5.74) is 5.98. The largest absolute Gasteiger partial charge is 0.383 e. The topological polar surface area (TPSA) is 72.5 Å². The van der Waals surface area contributed by atoms with Crippen LogP contribution in [-0.4, -0.2) is 14.3 Å². The number of nitrogens with two attached hydrogens (primary N) is 1. The zero-order valence-electron chi connectivity index (χ0n) is 7.21. The van der Waals surface area contributed by atoms with Crippen LogP contribution in [0.3, 0.4) is 0 Å². The summed E-state index contributed by atoms with van der Waals surface area (Å²) in [4.78, 5) is 0.191. The molecule has 72 valence electrons. The fourth-order valence-electron chi connectivity index (χ4n) is 1.25. The molecule has 0 aliphatic carbocycles. The fourth-order valence-corrected chi connectivity index (χ4v) is 2.37. The van der Waals surface area contributed by atoms with Crippen LogP contribution in [0.4, 0.5) is 0 Å². The summed E-state index contributed by atoms with van der Waals surface area (Å²) in [5, 5.41) is 0. The Kier molecular flexibility index (Phi) is 1.89. The second-order valence-corrected chi connectivity index (χ2v) is 4.43. The molecule has 0 saturated carbocycles. The van der Waals surface area contributed by atoms with Gasteiger partial charge < -0.3 is 5.73 Å². The van der Waals surface area contributed by atoms with Gasteiger partial charge in [0, 0.05) is 0 Å². The van der Waals surface area contributed by atoms with E-state index in [-0.39, 0.29) is 10.7 Å². The lowest BCUT2D eigenvalue weighted by atomic mass is 10.2. The molecule has 0 atom stereocenters. The molecule has 0 radical (unpaired) electrons. The summed E-state index contributed by atoms with van der Waals surface area (Å²) in [6.07, 6.45) is 3.11. The summed E-state index contributed by atoms with van der Waals surface area (Å²) in [7, 11) is -3.63. The Hall–Kier alpha value is -1.62. The number of fused-ring (bicyclic) bond motifs is 1. The maximum absolute atomic E-state index is 11.6. The normalized spacial score (nSPS) is 18.1. The molecule has 1 aromatic rings. The predicted octanol–water partition coefficient (Wildman–Crippen LogP) is 0.759. The summed E-state index contributed by atoms with van der Waals surface area (Å²) < 4.78 is 26.6. The minimum atomic E-state index is -3.63. The van der Waals surface area contributed by atoms with Crippen LogP contribution in [0.15, 0.2) is 39.6 Å². The maximum atomic E-state index is 11.6. The molecule has 0 fully saturated rings.